The van der Waals surface area contributed by atoms with Crippen LogP contribution in [0.15, 0.2) is 0 Å². The van der Waals surface area contributed by atoms with Gasteiger partial charge in [-0.2, -0.15) is 0 Å². The molecule has 0 heterocycles. The second kappa shape index (κ2) is 8.51. The van der Waals surface area contributed by atoms with Gasteiger partial charge in [-0.3, -0.25) is 0 Å². The third-order valence-electron chi connectivity index (χ3n) is 5.98. The van der Waals surface area contributed by atoms with Gasteiger partial charge in [0.15, 0.2) is 0 Å². The average Bonchev–Trinajstić information content (AvgIpc) is 2.95. The first kappa shape index (κ1) is 16.5. The maximum absolute atomic E-state index is 1.63. The molecule has 0 aromatic carbocycles. The normalized spacial score (nSPS) is 27.6. The van der Waals surface area contributed by atoms with Crippen molar-refractivity contribution >= 4 is 7.92 Å². The van der Waals surface area contributed by atoms with E-state index in [0.29, 0.717) is 0 Å². The fourth-order valence-electron chi connectivity index (χ4n) is 5.13. The molecule has 2 heteroatoms. The summed E-state index contributed by atoms with van der Waals surface area (Å²) in [5, 5.41) is 0. The van der Waals surface area contributed by atoms with Gasteiger partial charge in [-0.05, 0) is 77.0 Å². The van der Waals surface area contributed by atoms with Gasteiger partial charge in [0.05, 0.1) is 17.0 Å². The van der Waals surface area contributed by atoms with Gasteiger partial charge < -0.3 is 0 Å². The molecule has 3 aliphatic carbocycles. The molecule has 0 atom stereocenters. The molecule has 19 heavy (non-hydrogen) atoms. The van der Waals surface area contributed by atoms with Crippen molar-refractivity contribution in [1.29, 1.82) is 0 Å². The summed E-state index contributed by atoms with van der Waals surface area (Å²) in [6, 6.07) is 0. The summed E-state index contributed by atoms with van der Waals surface area (Å²) in [5.74, 6) is 0. The molecule has 0 nitrogen and oxygen atoms in total. The molecule has 0 unspecified atom stereocenters. The van der Waals surface area contributed by atoms with Gasteiger partial charge in [-0.15, -0.1) is 0 Å². The molecule has 0 spiro atoms. The molecule has 0 aromatic rings. The smallest absolute Gasteiger partial charge is 0.0530 e. The zero-order valence-electron chi connectivity index (χ0n) is 12.4. The number of hydrogen-bond donors (Lipinski definition) is 0. The van der Waals surface area contributed by atoms with Crippen LogP contribution >= 0.6 is 7.92 Å². The van der Waals surface area contributed by atoms with E-state index in [0.717, 1.165) is 0 Å². The Morgan fingerprint density at radius 3 is 1.00 bits per heavy atom. The summed E-state index contributed by atoms with van der Waals surface area (Å²) in [5.41, 5.74) is 3.70. The van der Waals surface area contributed by atoms with E-state index >= 15 is 0 Å². The van der Waals surface area contributed by atoms with Crippen LogP contribution in [0.5, 0.6) is 0 Å². The van der Waals surface area contributed by atoms with Crippen molar-refractivity contribution in [3.8, 4) is 0 Å². The topological polar surface area (TPSA) is 0 Å². The van der Waals surface area contributed by atoms with E-state index in [4.69, 9.17) is 0 Å². The Balaban J connectivity index is 0.00000133. The Hall–Kier alpha value is 1.09. The zero-order chi connectivity index (χ0) is 12.2. The first-order valence-corrected chi connectivity index (χ1v) is 10.5. The summed E-state index contributed by atoms with van der Waals surface area (Å²) in [4.78, 5) is 0. The third kappa shape index (κ3) is 4.28. The van der Waals surface area contributed by atoms with Crippen LogP contribution in [-0.2, 0) is 20.4 Å². The number of hydrogen-bond acceptors (Lipinski definition) is 0. The van der Waals surface area contributed by atoms with E-state index in [1.807, 2.05) is 0 Å². The van der Waals surface area contributed by atoms with E-state index < -0.39 is 0 Å². The Kier molecular flexibility index (Phi) is 7.38. The quantitative estimate of drug-likeness (QED) is 0.433. The molecular weight excluding hydrogens is 342 g/mol. The van der Waals surface area contributed by atoms with Crippen molar-refractivity contribution in [2.45, 2.75) is 107 Å². The maximum atomic E-state index is 1.63. The van der Waals surface area contributed by atoms with Crippen molar-refractivity contribution in [3.63, 3.8) is 0 Å². The van der Waals surface area contributed by atoms with Gasteiger partial charge in [0.25, 0.3) is 0 Å². The standard InChI is InChI=1S/C17H31P.Pd/c1-3-9-15(10-4-1)18(17-13-7-8-14-17)16-11-5-2-6-12-16;/h15-17H,1-14H2;/p+1. The van der Waals surface area contributed by atoms with E-state index in [9.17, 15) is 0 Å². The van der Waals surface area contributed by atoms with Crippen LogP contribution in [0.3, 0.4) is 0 Å². The summed E-state index contributed by atoms with van der Waals surface area (Å²) in [6.45, 7) is 0. The van der Waals surface area contributed by atoms with E-state index in [1.165, 1.54) is 17.0 Å². The van der Waals surface area contributed by atoms with Crippen molar-refractivity contribution in [2.75, 3.05) is 0 Å². The molecule has 0 amide bonds. The fourth-order valence-corrected chi connectivity index (χ4v) is 10.4. The minimum atomic E-state index is -0.0235. The first-order valence-electron chi connectivity index (χ1n) is 8.82. The summed E-state index contributed by atoms with van der Waals surface area (Å²) >= 11 is 0. The van der Waals surface area contributed by atoms with E-state index in [2.05, 4.69) is 0 Å². The molecular formula is C17H32PPd+. The van der Waals surface area contributed by atoms with Crippen LogP contribution < -0.4 is 0 Å². The molecule has 0 radical (unpaired) electrons. The van der Waals surface area contributed by atoms with Crippen LogP contribution in [-0.4, -0.2) is 17.0 Å². The molecule has 3 fully saturated rings. The minimum absolute atomic E-state index is 0. The Labute approximate surface area is 135 Å². The second-order valence-corrected chi connectivity index (χ2v) is 10.6. The predicted molar refractivity (Wildman–Crippen MR) is 84.3 cm³/mol. The van der Waals surface area contributed by atoms with Gasteiger partial charge in [0.2, 0.25) is 0 Å². The molecule has 3 aliphatic rings. The number of rotatable bonds is 3. The fraction of sp³-hybridized carbons (Fsp3) is 1.00. The van der Waals surface area contributed by atoms with Crippen molar-refractivity contribution in [2.24, 2.45) is 0 Å². The van der Waals surface area contributed by atoms with E-state index in [1.54, 1.807) is 89.9 Å². The Bertz CT molecular complexity index is 220. The van der Waals surface area contributed by atoms with Crippen LogP contribution in [0.2, 0.25) is 0 Å². The zero-order valence-corrected chi connectivity index (χ0v) is 15.0. The maximum Gasteiger partial charge on any atom is 0.0680 e. The predicted octanol–water partition coefficient (Wildman–Crippen LogP) is 5.81. The molecule has 114 valence electrons. The third-order valence-corrected chi connectivity index (χ3v) is 10.5. The van der Waals surface area contributed by atoms with Gasteiger partial charge in [0, 0.05) is 28.3 Å². The van der Waals surface area contributed by atoms with Crippen LogP contribution in [0.4, 0.5) is 0 Å². The summed E-state index contributed by atoms with van der Waals surface area (Å²) in [6.07, 6.45) is 22.2. The molecule has 3 saturated carbocycles. The van der Waals surface area contributed by atoms with Crippen LogP contribution in [0.1, 0.15) is 89.9 Å². The molecule has 0 aliphatic heterocycles. The van der Waals surface area contributed by atoms with Crippen molar-refractivity contribution < 1.29 is 20.4 Å². The average molecular weight is 374 g/mol. The van der Waals surface area contributed by atoms with E-state index in [-0.39, 0.29) is 28.3 Å². The molecule has 0 N–H and O–H groups in total. The van der Waals surface area contributed by atoms with Crippen molar-refractivity contribution in [1.82, 2.24) is 0 Å². The van der Waals surface area contributed by atoms with Crippen LogP contribution in [0.25, 0.3) is 0 Å². The molecule has 0 saturated heterocycles. The second-order valence-electron chi connectivity index (χ2n) is 7.15. The minimum Gasteiger partial charge on any atom is -0.0530 e. The molecule has 0 aromatic heterocycles. The van der Waals surface area contributed by atoms with Gasteiger partial charge in [-0.25, -0.2) is 0 Å². The SMILES string of the molecule is C1CCC([PH+](C2CCCCC2)C2CCCC2)CC1.[Pd]. The first-order chi connectivity index (χ1) is 8.95. The van der Waals surface area contributed by atoms with Gasteiger partial charge >= 0.3 is 0 Å². The largest absolute Gasteiger partial charge is 0.0680 e. The van der Waals surface area contributed by atoms with Crippen molar-refractivity contribution in [3.05, 3.63) is 0 Å². The van der Waals surface area contributed by atoms with Gasteiger partial charge in [0.1, 0.15) is 0 Å². The Morgan fingerprint density at radius 2 is 0.684 bits per heavy atom. The molecule has 0 bridgehead atoms. The summed E-state index contributed by atoms with van der Waals surface area (Å²) < 4.78 is 0. The summed E-state index contributed by atoms with van der Waals surface area (Å²) in [7, 11) is -0.0235. The van der Waals surface area contributed by atoms with Crippen LogP contribution in [0, 0.1) is 0 Å². The molecule has 3 rings (SSSR count). The Morgan fingerprint density at radius 1 is 0.421 bits per heavy atom. The van der Waals surface area contributed by atoms with Gasteiger partial charge in [-0.1, -0.05) is 12.8 Å². The monoisotopic (exact) mass is 373 g/mol.